The van der Waals surface area contributed by atoms with E-state index in [2.05, 4.69) is 56.0 Å². The molecule has 4 aromatic rings. The molecule has 2 aromatic heterocycles. The normalized spacial score (nSPS) is 18.4. The molecule has 2 saturated heterocycles. The molecular formula is C40H51BrF2N10O5S. The van der Waals surface area contributed by atoms with E-state index in [0.717, 1.165) is 56.5 Å². The highest BCUT2D eigenvalue weighted by molar-refractivity contribution is 9.10. The number of methoxy groups -OCH3 is 1. The van der Waals surface area contributed by atoms with Crippen molar-refractivity contribution in [2.45, 2.75) is 82.8 Å². The molecular weight excluding hydrogens is 850 g/mol. The molecule has 3 fully saturated rings. The van der Waals surface area contributed by atoms with Crippen molar-refractivity contribution in [1.82, 2.24) is 29.7 Å². The van der Waals surface area contributed by atoms with Crippen LogP contribution in [0.5, 0.6) is 5.75 Å². The van der Waals surface area contributed by atoms with Crippen molar-refractivity contribution < 1.29 is 31.5 Å². The van der Waals surface area contributed by atoms with E-state index in [9.17, 15) is 22.0 Å². The number of aromatic nitrogens is 4. The number of sulfonamides is 1. The van der Waals surface area contributed by atoms with Crippen LogP contribution in [0.1, 0.15) is 70.8 Å². The number of rotatable bonds is 10. The monoisotopic (exact) mass is 900 g/mol. The van der Waals surface area contributed by atoms with Crippen LogP contribution in [0.15, 0.2) is 47.3 Å². The molecule has 2 aromatic carbocycles. The number of nitrogens with zero attached hydrogens (tertiary/aromatic N) is 7. The van der Waals surface area contributed by atoms with Crippen molar-refractivity contribution in [3.63, 3.8) is 0 Å². The van der Waals surface area contributed by atoms with Gasteiger partial charge in [-0.3, -0.25) is 19.6 Å². The van der Waals surface area contributed by atoms with Gasteiger partial charge in [-0.2, -0.15) is 4.98 Å². The number of fused-ring (bicyclic) bond motifs is 1. The first-order valence-electron chi connectivity index (χ1n) is 19.8. The number of benzene rings is 2. The zero-order valence-electron chi connectivity index (χ0n) is 33.9. The summed E-state index contributed by atoms with van der Waals surface area (Å²) in [5.74, 6) is -1.68. The third-order valence-electron chi connectivity index (χ3n) is 11.0. The largest absolute Gasteiger partial charge is 0.494 e. The number of anilines is 6. The third kappa shape index (κ3) is 10.4. The quantitative estimate of drug-likeness (QED) is 0.141. The summed E-state index contributed by atoms with van der Waals surface area (Å²) in [6, 6.07) is 7.74. The molecule has 318 valence electrons. The van der Waals surface area contributed by atoms with E-state index in [4.69, 9.17) is 14.5 Å². The molecule has 4 heterocycles. The summed E-state index contributed by atoms with van der Waals surface area (Å²) in [5.41, 5.74) is 3.44. The van der Waals surface area contributed by atoms with Gasteiger partial charge in [0.25, 0.3) is 0 Å². The topological polar surface area (TPSA) is 167 Å². The average molecular weight is 902 g/mol. The molecule has 15 nitrogen and oxygen atoms in total. The number of halogens is 3. The molecule has 0 bridgehead atoms. The molecule has 0 radical (unpaired) electrons. The number of alkyl halides is 2. The van der Waals surface area contributed by atoms with Crippen molar-refractivity contribution in [2.24, 2.45) is 0 Å². The Hall–Kier alpha value is -4.62. The van der Waals surface area contributed by atoms with Crippen molar-refractivity contribution in [3.8, 4) is 5.75 Å². The fourth-order valence-corrected chi connectivity index (χ4v) is 8.93. The van der Waals surface area contributed by atoms with Gasteiger partial charge in [0.15, 0.2) is 0 Å². The maximum absolute atomic E-state index is 14.5. The van der Waals surface area contributed by atoms with Gasteiger partial charge in [-0.25, -0.2) is 27.0 Å². The third-order valence-corrected chi connectivity index (χ3v) is 12.1. The minimum atomic E-state index is -3.69. The molecule has 19 heteroatoms. The summed E-state index contributed by atoms with van der Waals surface area (Å²) in [6.45, 7) is 10.00. The van der Waals surface area contributed by atoms with Crippen molar-refractivity contribution >= 4 is 77.6 Å². The number of carbonyl (C=O) groups excluding carboxylic acids is 1. The summed E-state index contributed by atoms with van der Waals surface area (Å²) in [7, 11) is -2.10. The van der Waals surface area contributed by atoms with Crippen LogP contribution in [-0.2, 0) is 14.8 Å². The molecule has 1 amide bonds. The SMILES string of the molecule is COc1cc(N2CCC(N3CCN(C(=O)OC(C)(C)C)CC3)CC2)c(C2CCC(F)(F)CC2)cc1Nc1ncc(Br)c(Nc2ccc3nccnc3c2NS(C)(=O)=O)n1. The van der Waals surface area contributed by atoms with Gasteiger partial charge in [0.2, 0.25) is 21.9 Å². The van der Waals surface area contributed by atoms with E-state index in [1.807, 2.05) is 32.9 Å². The minimum absolute atomic E-state index is 0.0884. The lowest BCUT2D eigenvalue weighted by Gasteiger charge is -2.44. The standard InChI is InChI=1S/C40H51BrF2N10O5S/c1-39(2,3)58-38(54)53-20-18-51(19-21-53)26-10-16-52(17-11-26)32-23-33(57-4)31(22-27(32)25-8-12-40(42,43)13-9-25)48-37-46-24-28(41)36(49-37)47-30-7-6-29-34(45-15-14-44-29)35(30)50-59(5,55)56/h6-7,14-15,22-26,50H,8-13,16-21H2,1-5H3,(H2,46,47,48,49). The van der Waals surface area contributed by atoms with Gasteiger partial charge in [0.05, 0.1) is 40.4 Å². The molecule has 7 rings (SSSR count). The van der Waals surface area contributed by atoms with Gasteiger partial charge < -0.3 is 29.9 Å². The van der Waals surface area contributed by atoms with Gasteiger partial charge in [-0.15, -0.1) is 0 Å². The first-order valence-corrected chi connectivity index (χ1v) is 22.5. The highest BCUT2D eigenvalue weighted by atomic mass is 79.9. The van der Waals surface area contributed by atoms with Gasteiger partial charge in [0, 0.05) is 88.5 Å². The Bertz CT molecular complexity index is 2270. The zero-order valence-corrected chi connectivity index (χ0v) is 36.3. The molecule has 0 unspecified atom stereocenters. The van der Waals surface area contributed by atoms with Crippen molar-refractivity contribution in [2.75, 3.05) is 72.9 Å². The smallest absolute Gasteiger partial charge is 0.410 e. The predicted molar refractivity (Wildman–Crippen MR) is 228 cm³/mol. The Morgan fingerprint density at radius 3 is 2.29 bits per heavy atom. The number of carbonyl (C=O) groups is 1. The van der Waals surface area contributed by atoms with E-state index in [-0.39, 0.29) is 36.5 Å². The summed E-state index contributed by atoms with van der Waals surface area (Å²) in [6.07, 6.45) is 7.55. The minimum Gasteiger partial charge on any atom is -0.494 e. The maximum Gasteiger partial charge on any atom is 0.410 e. The summed E-state index contributed by atoms with van der Waals surface area (Å²) in [5, 5.41) is 6.51. The molecule has 59 heavy (non-hydrogen) atoms. The second kappa shape index (κ2) is 17.2. The van der Waals surface area contributed by atoms with Gasteiger partial charge in [0.1, 0.15) is 22.7 Å². The van der Waals surface area contributed by atoms with Crippen LogP contribution < -0.4 is 25.0 Å². The number of nitrogens with one attached hydrogen (secondary N) is 3. The Morgan fingerprint density at radius 1 is 0.932 bits per heavy atom. The number of hydrogen-bond acceptors (Lipinski definition) is 13. The number of amides is 1. The maximum atomic E-state index is 14.5. The summed E-state index contributed by atoms with van der Waals surface area (Å²) in [4.78, 5) is 37.1. The van der Waals surface area contributed by atoms with Crippen LogP contribution in [0.25, 0.3) is 11.0 Å². The Labute approximate surface area is 351 Å². The average Bonchev–Trinajstić information content (AvgIpc) is 3.19. The van der Waals surface area contributed by atoms with Crippen LogP contribution in [0.3, 0.4) is 0 Å². The second-order valence-corrected chi connectivity index (χ2v) is 19.0. The highest BCUT2D eigenvalue weighted by Gasteiger charge is 2.38. The van der Waals surface area contributed by atoms with E-state index in [1.54, 1.807) is 30.3 Å². The lowest BCUT2D eigenvalue weighted by Crippen LogP contribution is -2.55. The molecule has 1 aliphatic carbocycles. The van der Waals surface area contributed by atoms with Crippen LogP contribution in [0, 0.1) is 0 Å². The van der Waals surface area contributed by atoms with Crippen LogP contribution in [-0.4, -0.2) is 114 Å². The summed E-state index contributed by atoms with van der Waals surface area (Å²) >= 11 is 3.51. The number of piperidine rings is 1. The zero-order chi connectivity index (χ0) is 42.1. The Morgan fingerprint density at radius 2 is 1.63 bits per heavy atom. The lowest BCUT2D eigenvalue weighted by molar-refractivity contribution is -0.0382. The Kier molecular flexibility index (Phi) is 12.4. The number of ether oxygens (including phenoxy) is 2. The first-order chi connectivity index (χ1) is 27.9. The van der Waals surface area contributed by atoms with Crippen LogP contribution in [0.4, 0.5) is 48.1 Å². The highest BCUT2D eigenvalue weighted by Crippen LogP contribution is 2.47. The van der Waals surface area contributed by atoms with Crippen molar-refractivity contribution in [3.05, 3.63) is 52.9 Å². The molecule has 1 saturated carbocycles. The Balaban J connectivity index is 1.12. The first kappa shape index (κ1) is 42.5. The molecule has 3 N–H and O–H groups in total. The summed E-state index contributed by atoms with van der Waals surface area (Å²) < 4.78 is 68.2. The fourth-order valence-electron chi connectivity index (χ4n) is 8.06. The van der Waals surface area contributed by atoms with E-state index in [0.29, 0.717) is 70.4 Å². The van der Waals surface area contributed by atoms with Gasteiger partial charge >= 0.3 is 6.09 Å². The van der Waals surface area contributed by atoms with Crippen LogP contribution >= 0.6 is 15.9 Å². The second-order valence-electron chi connectivity index (χ2n) is 16.4. The molecule has 2 aliphatic heterocycles. The molecule has 0 spiro atoms. The number of hydrogen-bond donors (Lipinski definition) is 3. The molecule has 3 aliphatic rings. The molecule has 0 atom stereocenters. The van der Waals surface area contributed by atoms with E-state index < -0.39 is 21.5 Å². The fraction of sp³-hybridized carbons (Fsp3) is 0.525. The number of piperazine rings is 1. The van der Waals surface area contributed by atoms with Gasteiger partial charge in [-0.05, 0) is 92.1 Å². The van der Waals surface area contributed by atoms with Gasteiger partial charge in [-0.1, -0.05) is 0 Å². The van der Waals surface area contributed by atoms with E-state index in [1.165, 1.54) is 12.4 Å². The van der Waals surface area contributed by atoms with E-state index >= 15 is 0 Å². The predicted octanol–water partition coefficient (Wildman–Crippen LogP) is 7.86. The lowest BCUT2D eigenvalue weighted by atomic mass is 9.81. The van der Waals surface area contributed by atoms with Crippen LogP contribution in [0.2, 0.25) is 0 Å². The van der Waals surface area contributed by atoms with Crippen molar-refractivity contribution in [1.29, 1.82) is 0 Å².